The van der Waals surface area contributed by atoms with Crippen molar-refractivity contribution in [1.82, 2.24) is 10.6 Å². The second kappa shape index (κ2) is 15.1. The summed E-state index contributed by atoms with van der Waals surface area (Å²) in [5.74, 6) is -3.20. The average molecular weight is 597 g/mol. The maximum atomic E-state index is 13.3. The third kappa shape index (κ3) is 8.66. The largest absolute Gasteiger partial charge is 0.464 e. The van der Waals surface area contributed by atoms with Crippen LogP contribution < -0.4 is 10.6 Å². The molecule has 4 aromatic carbocycles. The van der Waals surface area contributed by atoms with Gasteiger partial charge in [-0.15, -0.1) is 0 Å². The number of nitrogens with one attached hydrogen (secondary N) is 2. The van der Waals surface area contributed by atoms with E-state index in [2.05, 4.69) is 10.6 Å². The van der Waals surface area contributed by atoms with Crippen LogP contribution in [0.1, 0.15) is 38.8 Å². The summed E-state index contributed by atoms with van der Waals surface area (Å²) in [6.45, 7) is 7.98. The summed E-state index contributed by atoms with van der Waals surface area (Å²) in [4.78, 5) is 52.8. The van der Waals surface area contributed by atoms with Crippen molar-refractivity contribution in [3.63, 3.8) is 0 Å². The van der Waals surface area contributed by atoms with Crippen LogP contribution in [0.25, 0.3) is 21.5 Å². The molecular weight excluding hydrogens is 556 g/mol. The predicted octanol–water partition coefficient (Wildman–Crippen LogP) is 5.15. The van der Waals surface area contributed by atoms with Crippen molar-refractivity contribution >= 4 is 45.3 Å². The maximum absolute atomic E-state index is 13.3. The van der Waals surface area contributed by atoms with E-state index in [9.17, 15) is 19.2 Å². The third-order valence-corrected chi connectivity index (χ3v) is 7.11. The topological polar surface area (TPSA) is 111 Å². The van der Waals surface area contributed by atoms with Crippen molar-refractivity contribution in [3.05, 3.63) is 96.1 Å². The lowest BCUT2D eigenvalue weighted by Crippen LogP contribution is -2.53. The van der Waals surface area contributed by atoms with Gasteiger partial charge in [0.25, 0.3) is 0 Å². The van der Waals surface area contributed by atoms with E-state index in [1.165, 1.54) is 0 Å². The van der Waals surface area contributed by atoms with Crippen LogP contribution in [-0.2, 0) is 41.5 Å². The Morgan fingerprint density at radius 3 is 1.30 bits per heavy atom. The molecule has 0 bridgehead atoms. The van der Waals surface area contributed by atoms with Crippen LogP contribution in [0, 0.1) is 11.8 Å². The number of carbonyl (C=O) groups excluding carboxylic acids is 4. The second-order valence-corrected chi connectivity index (χ2v) is 11.8. The van der Waals surface area contributed by atoms with E-state index in [1.54, 1.807) is 0 Å². The Bertz CT molecular complexity index is 1500. The van der Waals surface area contributed by atoms with Crippen molar-refractivity contribution in [1.29, 1.82) is 0 Å². The Hall–Kier alpha value is -4.72. The summed E-state index contributed by atoms with van der Waals surface area (Å²) in [5, 5.41) is 8.96. The maximum Gasteiger partial charge on any atom is 0.329 e. The van der Waals surface area contributed by atoms with Crippen molar-refractivity contribution in [2.75, 3.05) is 13.2 Å². The molecule has 0 aliphatic carbocycles. The van der Waals surface area contributed by atoms with Crippen molar-refractivity contribution < 1.29 is 28.7 Å². The number of amides is 2. The highest BCUT2D eigenvalue weighted by Gasteiger charge is 2.30. The molecule has 2 N–H and O–H groups in total. The number of benzene rings is 4. The monoisotopic (exact) mass is 596 g/mol. The first kappa shape index (κ1) is 32.2. The van der Waals surface area contributed by atoms with Gasteiger partial charge in [0.15, 0.2) is 0 Å². The lowest BCUT2D eigenvalue weighted by molar-refractivity contribution is -0.152. The van der Waals surface area contributed by atoms with E-state index >= 15 is 0 Å². The molecule has 0 radical (unpaired) electrons. The predicted molar refractivity (Wildman–Crippen MR) is 171 cm³/mol. The molecule has 0 aliphatic heterocycles. The summed E-state index contributed by atoms with van der Waals surface area (Å²) in [6.07, 6.45) is 0.236. The summed E-state index contributed by atoms with van der Waals surface area (Å²) in [5.41, 5.74) is 1.64. The van der Waals surface area contributed by atoms with Crippen LogP contribution in [0.2, 0.25) is 0 Å². The highest BCUT2D eigenvalue weighted by Crippen LogP contribution is 2.22. The number of hydrogen-bond donors (Lipinski definition) is 2. The fourth-order valence-electron chi connectivity index (χ4n) is 4.91. The summed E-state index contributed by atoms with van der Waals surface area (Å²) in [6, 6.07) is 24.7. The average Bonchev–Trinajstić information content (AvgIpc) is 3.01. The van der Waals surface area contributed by atoms with Gasteiger partial charge in [0, 0.05) is 12.8 Å². The van der Waals surface area contributed by atoms with E-state index < -0.39 is 35.8 Å². The Kier molecular flexibility index (Phi) is 11.1. The summed E-state index contributed by atoms with van der Waals surface area (Å²) < 4.78 is 10.9. The molecular formula is C36H40N2O6. The van der Waals surface area contributed by atoms with Gasteiger partial charge < -0.3 is 20.1 Å². The second-order valence-electron chi connectivity index (χ2n) is 11.8. The van der Waals surface area contributed by atoms with Crippen molar-refractivity contribution in [2.45, 2.75) is 52.6 Å². The fourth-order valence-corrected chi connectivity index (χ4v) is 4.91. The molecule has 2 amide bonds. The van der Waals surface area contributed by atoms with E-state index in [0.29, 0.717) is 0 Å². The van der Waals surface area contributed by atoms with Crippen LogP contribution >= 0.6 is 0 Å². The molecule has 0 saturated carbocycles. The van der Waals surface area contributed by atoms with Crippen LogP contribution in [0.15, 0.2) is 84.9 Å². The van der Waals surface area contributed by atoms with Gasteiger partial charge in [-0.3, -0.25) is 9.59 Å². The molecule has 8 nitrogen and oxygen atoms in total. The molecule has 0 unspecified atom stereocenters. The zero-order valence-corrected chi connectivity index (χ0v) is 25.7. The molecule has 44 heavy (non-hydrogen) atoms. The van der Waals surface area contributed by atoms with Gasteiger partial charge in [0.2, 0.25) is 0 Å². The van der Waals surface area contributed by atoms with Gasteiger partial charge in [-0.25, -0.2) is 9.59 Å². The van der Waals surface area contributed by atoms with Crippen molar-refractivity contribution in [2.24, 2.45) is 11.8 Å². The number of hydrogen-bond acceptors (Lipinski definition) is 6. The quantitative estimate of drug-likeness (QED) is 0.173. The molecule has 0 saturated heterocycles. The number of carbonyl (C=O) groups is 4. The zero-order chi connectivity index (χ0) is 31.6. The van der Waals surface area contributed by atoms with Gasteiger partial charge in [0.05, 0.1) is 13.2 Å². The minimum Gasteiger partial charge on any atom is -0.464 e. The lowest BCUT2D eigenvalue weighted by Gasteiger charge is -2.21. The van der Waals surface area contributed by atoms with Crippen LogP contribution in [0.3, 0.4) is 0 Å². The normalized spacial score (nSPS) is 12.6. The Balaban J connectivity index is 1.54. The summed E-state index contributed by atoms with van der Waals surface area (Å²) in [7, 11) is 0. The fraction of sp³-hybridized carbons (Fsp3) is 0.333. The van der Waals surface area contributed by atoms with Crippen LogP contribution in [-0.4, -0.2) is 49.1 Å². The first-order chi connectivity index (χ1) is 21.1. The zero-order valence-electron chi connectivity index (χ0n) is 25.7. The molecule has 0 heterocycles. The minimum atomic E-state index is -1.12. The molecule has 0 fully saturated rings. The Morgan fingerprint density at radius 2 is 0.909 bits per heavy atom. The first-order valence-electron chi connectivity index (χ1n) is 15.0. The van der Waals surface area contributed by atoms with Crippen LogP contribution in [0.4, 0.5) is 0 Å². The number of esters is 2. The third-order valence-electron chi connectivity index (χ3n) is 7.11. The molecule has 4 rings (SSSR count). The Labute approximate surface area is 258 Å². The molecule has 0 spiro atoms. The van der Waals surface area contributed by atoms with Gasteiger partial charge in [-0.05, 0) is 44.5 Å². The van der Waals surface area contributed by atoms with E-state index in [-0.39, 0.29) is 37.9 Å². The highest BCUT2D eigenvalue weighted by molar-refractivity contribution is 6.35. The molecule has 2 atom stereocenters. The molecule has 4 aromatic rings. The van der Waals surface area contributed by atoms with E-state index in [4.69, 9.17) is 9.47 Å². The SMILES string of the molecule is CC(C)COC(=O)[C@H](Cc1cccc2ccccc12)NC(=O)C(=O)N[C@@H](Cc1cccc2ccccc12)C(=O)OCC(C)C. The number of rotatable bonds is 12. The lowest BCUT2D eigenvalue weighted by atomic mass is 9.98. The number of ether oxygens (including phenoxy) is 2. The smallest absolute Gasteiger partial charge is 0.329 e. The molecule has 8 heteroatoms. The molecule has 230 valence electrons. The van der Waals surface area contributed by atoms with E-state index in [0.717, 1.165) is 32.7 Å². The standard InChI is InChI=1S/C36H40N2O6/c1-23(2)21-43-35(41)31(19-27-15-9-13-25-11-5-7-17-29(25)27)37-33(39)34(40)38-32(36(42)44-22-24(3)4)20-28-16-10-14-26-12-6-8-18-30(26)28/h5-18,23-24,31-32H,19-22H2,1-4H3,(H,37,39)(H,38,40)/t31-,32-/m0/s1. The van der Waals surface area contributed by atoms with E-state index in [1.807, 2.05) is 113 Å². The molecule has 0 aliphatic rings. The van der Waals surface area contributed by atoms with Gasteiger partial charge in [0.1, 0.15) is 12.1 Å². The van der Waals surface area contributed by atoms with Gasteiger partial charge in [-0.1, -0.05) is 113 Å². The van der Waals surface area contributed by atoms with Gasteiger partial charge >= 0.3 is 23.8 Å². The molecule has 0 aromatic heterocycles. The Morgan fingerprint density at radius 1 is 0.545 bits per heavy atom. The van der Waals surface area contributed by atoms with Crippen molar-refractivity contribution in [3.8, 4) is 0 Å². The number of fused-ring (bicyclic) bond motifs is 2. The first-order valence-corrected chi connectivity index (χ1v) is 15.0. The minimum absolute atomic E-state index is 0.0860. The van der Waals surface area contributed by atoms with Gasteiger partial charge in [-0.2, -0.15) is 0 Å². The van der Waals surface area contributed by atoms with Crippen LogP contribution in [0.5, 0.6) is 0 Å². The summed E-state index contributed by atoms with van der Waals surface area (Å²) >= 11 is 0. The highest BCUT2D eigenvalue weighted by atomic mass is 16.5.